The molecule has 1 rings (SSSR count). The molecule has 1 atom stereocenters. The Hall–Kier alpha value is -1.06. The van der Waals surface area contributed by atoms with Crippen molar-refractivity contribution in [3.8, 4) is 5.75 Å². The Bertz CT molecular complexity index is 284. The van der Waals surface area contributed by atoms with E-state index in [1.54, 1.807) is 7.11 Å². The molecule has 0 radical (unpaired) electrons. The van der Waals surface area contributed by atoms with E-state index >= 15 is 0 Å². The molecule has 0 amide bonds. The van der Waals surface area contributed by atoms with Crippen LogP contribution in [0.5, 0.6) is 5.75 Å². The zero-order chi connectivity index (χ0) is 11.8. The Balaban J connectivity index is 2.37. The maximum atomic E-state index is 8.65. The summed E-state index contributed by atoms with van der Waals surface area (Å²) in [5.41, 5.74) is 1.30. The molecule has 0 saturated carbocycles. The highest BCUT2D eigenvalue weighted by Crippen LogP contribution is 2.18. The van der Waals surface area contributed by atoms with Crippen molar-refractivity contribution in [3.63, 3.8) is 0 Å². The predicted molar refractivity (Wildman–Crippen MR) is 66.0 cm³/mol. The third-order valence-electron chi connectivity index (χ3n) is 2.65. The molecule has 1 aromatic rings. The number of aliphatic hydroxyl groups is 1. The lowest BCUT2D eigenvalue weighted by atomic mass is 10.0. The molecule has 0 aliphatic carbocycles. The van der Waals surface area contributed by atoms with Crippen LogP contribution in [-0.4, -0.2) is 31.9 Å². The minimum atomic E-state index is 0.254. The third-order valence-corrected chi connectivity index (χ3v) is 2.65. The maximum Gasteiger partial charge on any atom is 0.118 e. The first-order chi connectivity index (χ1) is 7.77. The molecule has 1 aromatic carbocycles. The van der Waals surface area contributed by atoms with Gasteiger partial charge in [-0.1, -0.05) is 19.1 Å². The van der Waals surface area contributed by atoms with E-state index in [4.69, 9.17) is 9.84 Å². The lowest BCUT2D eigenvalue weighted by Crippen LogP contribution is -2.21. The minimum Gasteiger partial charge on any atom is -0.497 e. The Labute approximate surface area is 97.4 Å². The van der Waals surface area contributed by atoms with Gasteiger partial charge in [0, 0.05) is 13.2 Å². The molecule has 0 aliphatic heterocycles. The Morgan fingerprint density at radius 2 is 2.00 bits per heavy atom. The SMILES string of the molecule is COc1ccc(C(C)CNCCCO)cc1. The van der Waals surface area contributed by atoms with Gasteiger partial charge in [-0.05, 0) is 36.6 Å². The van der Waals surface area contributed by atoms with Crippen molar-refractivity contribution < 1.29 is 9.84 Å². The van der Waals surface area contributed by atoms with Crippen LogP contribution < -0.4 is 10.1 Å². The second kappa shape index (κ2) is 7.25. The van der Waals surface area contributed by atoms with Crippen LogP contribution in [-0.2, 0) is 0 Å². The number of rotatable bonds is 7. The van der Waals surface area contributed by atoms with Gasteiger partial charge in [0.05, 0.1) is 7.11 Å². The first kappa shape index (κ1) is 13.0. The quantitative estimate of drug-likeness (QED) is 0.692. The maximum absolute atomic E-state index is 8.65. The molecule has 3 nitrogen and oxygen atoms in total. The van der Waals surface area contributed by atoms with Gasteiger partial charge < -0.3 is 15.2 Å². The van der Waals surface area contributed by atoms with Crippen LogP contribution in [0.25, 0.3) is 0 Å². The molecule has 0 heterocycles. The van der Waals surface area contributed by atoms with E-state index in [0.717, 1.165) is 25.3 Å². The molecule has 3 heteroatoms. The van der Waals surface area contributed by atoms with E-state index in [-0.39, 0.29) is 6.61 Å². The summed E-state index contributed by atoms with van der Waals surface area (Å²) >= 11 is 0. The van der Waals surface area contributed by atoms with Crippen LogP contribution in [0.4, 0.5) is 0 Å². The molecule has 90 valence electrons. The predicted octanol–water partition coefficient (Wildman–Crippen LogP) is 1.77. The lowest BCUT2D eigenvalue weighted by molar-refractivity contribution is 0.286. The summed E-state index contributed by atoms with van der Waals surface area (Å²) in [5, 5.41) is 12.0. The summed E-state index contributed by atoms with van der Waals surface area (Å²) in [4.78, 5) is 0. The summed E-state index contributed by atoms with van der Waals surface area (Å²) in [6, 6.07) is 8.16. The summed E-state index contributed by atoms with van der Waals surface area (Å²) in [6.07, 6.45) is 0.815. The minimum absolute atomic E-state index is 0.254. The van der Waals surface area contributed by atoms with Gasteiger partial charge in [0.15, 0.2) is 0 Å². The molecule has 0 aromatic heterocycles. The fourth-order valence-corrected chi connectivity index (χ4v) is 1.57. The van der Waals surface area contributed by atoms with Crippen LogP contribution in [0, 0.1) is 0 Å². The Morgan fingerprint density at radius 1 is 1.31 bits per heavy atom. The van der Waals surface area contributed by atoms with E-state index in [1.807, 2.05) is 12.1 Å². The summed E-state index contributed by atoms with van der Waals surface area (Å²) in [7, 11) is 1.68. The Morgan fingerprint density at radius 3 is 2.56 bits per heavy atom. The number of methoxy groups -OCH3 is 1. The van der Waals surface area contributed by atoms with Gasteiger partial charge in [-0.2, -0.15) is 0 Å². The lowest BCUT2D eigenvalue weighted by Gasteiger charge is -2.13. The van der Waals surface area contributed by atoms with Gasteiger partial charge in [-0.15, -0.1) is 0 Å². The van der Waals surface area contributed by atoms with Crippen LogP contribution >= 0.6 is 0 Å². The molecule has 1 unspecified atom stereocenters. The fourth-order valence-electron chi connectivity index (χ4n) is 1.57. The number of benzene rings is 1. The topological polar surface area (TPSA) is 41.5 Å². The van der Waals surface area contributed by atoms with Crippen molar-refractivity contribution in [3.05, 3.63) is 29.8 Å². The summed E-state index contributed by atoms with van der Waals surface area (Å²) in [6.45, 7) is 4.25. The monoisotopic (exact) mass is 223 g/mol. The number of hydrogen-bond acceptors (Lipinski definition) is 3. The van der Waals surface area contributed by atoms with Crippen molar-refractivity contribution in [1.29, 1.82) is 0 Å². The average Bonchev–Trinajstić information content (AvgIpc) is 2.34. The van der Waals surface area contributed by atoms with Crippen LogP contribution in [0.1, 0.15) is 24.8 Å². The average molecular weight is 223 g/mol. The van der Waals surface area contributed by atoms with Gasteiger partial charge in [-0.3, -0.25) is 0 Å². The third kappa shape index (κ3) is 4.21. The molecule has 0 aliphatic rings. The number of ether oxygens (including phenoxy) is 1. The number of hydrogen-bond donors (Lipinski definition) is 2. The van der Waals surface area contributed by atoms with Crippen molar-refractivity contribution in [2.24, 2.45) is 0 Å². The van der Waals surface area contributed by atoms with Crippen LogP contribution in [0.15, 0.2) is 24.3 Å². The summed E-state index contributed by atoms with van der Waals surface area (Å²) in [5.74, 6) is 1.37. The zero-order valence-corrected chi connectivity index (χ0v) is 10.1. The van der Waals surface area contributed by atoms with Crippen molar-refractivity contribution in [1.82, 2.24) is 5.32 Å². The highest BCUT2D eigenvalue weighted by molar-refractivity contribution is 5.29. The molecule has 16 heavy (non-hydrogen) atoms. The first-order valence-electron chi connectivity index (χ1n) is 5.73. The van der Waals surface area contributed by atoms with Crippen molar-refractivity contribution in [2.45, 2.75) is 19.3 Å². The van der Waals surface area contributed by atoms with E-state index < -0.39 is 0 Å². The highest BCUT2D eigenvalue weighted by Gasteiger charge is 2.04. The molecular weight excluding hydrogens is 202 g/mol. The standard InChI is InChI=1S/C13H21NO2/c1-11(10-14-8-3-9-15)12-4-6-13(16-2)7-5-12/h4-7,11,14-15H,3,8-10H2,1-2H3. The van der Waals surface area contributed by atoms with E-state index in [1.165, 1.54) is 5.56 Å². The van der Waals surface area contributed by atoms with E-state index in [0.29, 0.717) is 5.92 Å². The van der Waals surface area contributed by atoms with Gasteiger partial charge in [-0.25, -0.2) is 0 Å². The van der Waals surface area contributed by atoms with Gasteiger partial charge in [0.25, 0.3) is 0 Å². The van der Waals surface area contributed by atoms with Crippen molar-refractivity contribution >= 4 is 0 Å². The van der Waals surface area contributed by atoms with Crippen LogP contribution in [0.2, 0.25) is 0 Å². The zero-order valence-electron chi connectivity index (χ0n) is 10.1. The normalized spacial score (nSPS) is 12.4. The second-order valence-corrected chi connectivity index (χ2v) is 3.96. The molecule has 0 bridgehead atoms. The summed E-state index contributed by atoms with van der Waals surface area (Å²) < 4.78 is 5.12. The van der Waals surface area contributed by atoms with Gasteiger partial charge in [0.1, 0.15) is 5.75 Å². The molecular formula is C13H21NO2. The number of aliphatic hydroxyl groups excluding tert-OH is 1. The smallest absolute Gasteiger partial charge is 0.118 e. The number of nitrogens with one attached hydrogen (secondary N) is 1. The van der Waals surface area contributed by atoms with E-state index in [9.17, 15) is 0 Å². The largest absolute Gasteiger partial charge is 0.497 e. The van der Waals surface area contributed by atoms with Gasteiger partial charge >= 0.3 is 0 Å². The Kier molecular flexibility index (Phi) is 5.90. The van der Waals surface area contributed by atoms with Gasteiger partial charge in [0.2, 0.25) is 0 Å². The van der Waals surface area contributed by atoms with E-state index in [2.05, 4.69) is 24.4 Å². The fraction of sp³-hybridized carbons (Fsp3) is 0.538. The second-order valence-electron chi connectivity index (χ2n) is 3.96. The first-order valence-corrected chi connectivity index (χ1v) is 5.73. The van der Waals surface area contributed by atoms with Crippen LogP contribution in [0.3, 0.4) is 0 Å². The molecule has 0 spiro atoms. The molecule has 2 N–H and O–H groups in total. The highest BCUT2D eigenvalue weighted by atomic mass is 16.5. The molecule has 0 saturated heterocycles. The molecule has 0 fully saturated rings. The van der Waals surface area contributed by atoms with Crippen molar-refractivity contribution in [2.75, 3.05) is 26.8 Å².